The molecule has 0 amide bonds. The predicted octanol–water partition coefficient (Wildman–Crippen LogP) is 1.46. The fraction of sp³-hybridized carbons (Fsp3) is 0.500. The Morgan fingerprint density at radius 1 is 1.69 bits per heavy atom. The highest BCUT2D eigenvalue weighted by Gasteiger charge is 2.31. The third-order valence-corrected chi connectivity index (χ3v) is 2.63. The summed E-state index contributed by atoms with van der Waals surface area (Å²) in [6.45, 7) is 2.97. The summed E-state index contributed by atoms with van der Waals surface area (Å²) >= 11 is 0. The summed E-state index contributed by atoms with van der Waals surface area (Å²) < 4.78 is 5.08. The molecule has 0 aromatic carbocycles. The Labute approximate surface area is 77.1 Å². The molecule has 70 valence electrons. The molecule has 1 saturated heterocycles. The lowest BCUT2D eigenvalue weighted by Gasteiger charge is -2.11. The Morgan fingerprint density at radius 2 is 2.54 bits per heavy atom. The third kappa shape index (κ3) is 1.52. The summed E-state index contributed by atoms with van der Waals surface area (Å²) in [6, 6.07) is 3.76. The van der Waals surface area contributed by atoms with Gasteiger partial charge >= 0.3 is 0 Å². The van der Waals surface area contributed by atoms with Gasteiger partial charge in [0.1, 0.15) is 0 Å². The van der Waals surface area contributed by atoms with E-state index < -0.39 is 0 Å². The molecule has 1 fully saturated rings. The number of rotatable bonds is 2. The number of nitrogens with one attached hydrogen (secondary N) is 1. The average molecular weight is 179 g/mol. The van der Waals surface area contributed by atoms with Crippen molar-refractivity contribution in [3.8, 4) is 0 Å². The van der Waals surface area contributed by atoms with Crippen LogP contribution in [0.5, 0.6) is 0 Å². The molecule has 2 heterocycles. The van der Waals surface area contributed by atoms with Gasteiger partial charge in [-0.15, -0.1) is 0 Å². The first kappa shape index (κ1) is 8.51. The zero-order valence-corrected chi connectivity index (χ0v) is 7.62. The molecule has 3 heteroatoms. The quantitative estimate of drug-likeness (QED) is 0.699. The van der Waals surface area contributed by atoms with E-state index in [1.165, 1.54) is 0 Å². The summed E-state index contributed by atoms with van der Waals surface area (Å²) in [5.74, 6) is 0.703. The number of carbonyl (C=O) groups excluding carboxylic acids is 1. The third-order valence-electron chi connectivity index (χ3n) is 2.63. The van der Waals surface area contributed by atoms with Crippen LogP contribution in [0.2, 0.25) is 0 Å². The van der Waals surface area contributed by atoms with Crippen molar-refractivity contribution in [3.63, 3.8) is 0 Å². The summed E-state index contributed by atoms with van der Waals surface area (Å²) in [5, 5.41) is 3.25. The van der Waals surface area contributed by atoms with Gasteiger partial charge in [-0.05, 0) is 32.0 Å². The Morgan fingerprint density at radius 3 is 3.08 bits per heavy atom. The van der Waals surface area contributed by atoms with Crippen molar-refractivity contribution in [1.82, 2.24) is 5.32 Å². The molecule has 0 spiro atoms. The first-order chi connectivity index (χ1) is 6.29. The van der Waals surface area contributed by atoms with Crippen LogP contribution < -0.4 is 5.32 Å². The molecule has 0 aliphatic carbocycles. The van der Waals surface area contributed by atoms with Crippen LogP contribution in [0.25, 0.3) is 0 Å². The van der Waals surface area contributed by atoms with Gasteiger partial charge in [-0.25, -0.2) is 0 Å². The highest BCUT2D eigenvalue weighted by molar-refractivity contribution is 5.95. The van der Waals surface area contributed by atoms with Crippen LogP contribution in [-0.2, 0) is 0 Å². The molecule has 3 nitrogen and oxygen atoms in total. The van der Waals surface area contributed by atoms with E-state index in [4.69, 9.17) is 4.42 Å². The van der Waals surface area contributed by atoms with Crippen LogP contribution in [0, 0.1) is 5.92 Å². The van der Waals surface area contributed by atoms with E-state index in [1.807, 2.05) is 6.92 Å². The standard InChI is InChI=1S/C10H13NO2/c1-7-8(4-5-11-7)10(12)9-3-2-6-13-9/h2-3,6-8,11H,4-5H2,1H3. The van der Waals surface area contributed by atoms with Crippen molar-refractivity contribution in [3.05, 3.63) is 24.2 Å². The van der Waals surface area contributed by atoms with Crippen LogP contribution in [0.15, 0.2) is 22.8 Å². The van der Waals surface area contributed by atoms with Gasteiger partial charge in [-0.2, -0.15) is 0 Å². The first-order valence-corrected chi connectivity index (χ1v) is 4.60. The maximum absolute atomic E-state index is 11.8. The lowest BCUT2D eigenvalue weighted by molar-refractivity contribution is 0.0885. The van der Waals surface area contributed by atoms with E-state index in [0.29, 0.717) is 5.76 Å². The number of ketones is 1. The number of hydrogen-bond acceptors (Lipinski definition) is 3. The lowest BCUT2D eigenvalue weighted by atomic mass is 9.95. The monoisotopic (exact) mass is 179 g/mol. The van der Waals surface area contributed by atoms with Gasteiger partial charge < -0.3 is 9.73 Å². The molecule has 0 saturated carbocycles. The second-order valence-corrected chi connectivity index (χ2v) is 3.48. The van der Waals surface area contributed by atoms with Gasteiger partial charge in [0.15, 0.2) is 5.76 Å². The molecular weight excluding hydrogens is 166 g/mol. The van der Waals surface area contributed by atoms with E-state index >= 15 is 0 Å². The van der Waals surface area contributed by atoms with Crippen molar-refractivity contribution in [1.29, 1.82) is 0 Å². The minimum atomic E-state index is 0.0890. The van der Waals surface area contributed by atoms with Gasteiger partial charge in [0.2, 0.25) is 5.78 Å². The number of furan rings is 1. The Balaban J connectivity index is 2.13. The van der Waals surface area contributed by atoms with Crippen molar-refractivity contribution >= 4 is 5.78 Å². The Bertz CT molecular complexity index is 292. The normalized spacial score (nSPS) is 27.8. The molecule has 0 radical (unpaired) electrons. The van der Waals surface area contributed by atoms with Crippen LogP contribution >= 0.6 is 0 Å². The maximum atomic E-state index is 11.8. The van der Waals surface area contributed by atoms with Gasteiger partial charge in [0, 0.05) is 12.0 Å². The van der Waals surface area contributed by atoms with Crippen molar-refractivity contribution in [2.24, 2.45) is 5.92 Å². The smallest absolute Gasteiger partial charge is 0.202 e. The van der Waals surface area contributed by atoms with Crippen LogP contribution in [-0.4, -0.2) is 18.4 Å². The van der Waals surface area contributed by atoms with Crippen LogP contribution in [0.4, 0.5) is 0 Å². The Kier molecular flexibility index (Phi) is 2.19. The van der Waals surface area contributed by atoms with Crippen molar-refractivity contribution < 1.29 is 9.21 Å². The largest absolute Gasteiger partial charge is 0.461 e. The second kappa shape index (κ2) is 3.34. The SMILES string of the molecule is CC1NCCC1C(=O)c1ccco1. The number of hydrogen-bond donors (Lipinski definition) is 1. The number of Topliss-reactive ketones (excluding diaryl/α,β-unsaturated/α-hetero) is 1. The molecule has 2 unspecified atom stereocenters. The molecule has 1 aliphatic heterocycles. The minimum absolute atomic E-state index is 0.0890. The topological polar surface area (TPSA) is 42.2 Å². The fourth-order valence-corrected chi connectivity index (χ4v) is 1.82. The second-order valence-electron chi connectivity index (χ2n) is 3.48. The molecule has 13 heavy (non-hydrogen) atoms. The van der Waals surface area contributed by atoms with E-state index in [9.17, 15) is 4.79 Å². The summed E-state index contributed by atoms with van der Waals surface area (Å²) in [7, 11) is 0. The first-order valence-electron chi connectivity index (χ1n) is 4.60. The summed E-state index contributed by atoms with van der Waals surface area (Å²) in [5.41, 5.74) is 0. The van der Waals surface area contributed by atoms with Crippen LogP contribution in [0.3, 0.4) is 0 Å². The summed E-state index contributed by atoms with van der Waals surface area (Å²) in [4.78, 5) is 11.8. The van der Waals surface area contributed by atoms with Gasteiger partial charge in [0.25, 0.3) is 0 Å². The molecule has 2 atom stereocenters. The zero-order valence-electron chi connectivity index (χ0n) is 7.62. The maximum Gasteiger partial charge on any atom is 0.202 e. The minimum Gasteiger partial charge on any atom is -0.461 e. The fourth-order valence-electron chi connectivity index (χ4n) is 1.82. The van der Waals surface area contributed by atoms with E-state index in [0.717, 1.165) is 13.0 Å². The van der Waals surface area contributed by atoms with Crippen LogP contribution in [0.1, 0.15) is 23.9 Å². The van der Waals surface area contributed by atoms with Crippen molar-refractivity contribution in [2.45, 2.75) is 19.4 Å². The van der Waals surface area contributed by atoms with Gasteiger partial charge in [-0.1, -0.05) is 0 Å². The highest BCUT2D eigenvalue weighted by Crippen LogP contribution is 2.20. The molecular formula is C10H13NO2. The van der Waals surface area contributed by atoms with E-state index in [1.54, 1.807) is 18.4 Å². The van der Waals surface area contributed by atoms with E-state index in [2.05, 4.69) is 5.32 Å². The van der Waals surface area contributed by atoms with Gasteiger partial charge in [-0.3, -0.25) is 4.79 Å². The number of carbonyl (C=O) groups is 1. The molecule has 1 N–H and O–H groups in total. The van der Waals surface area contributed by atoms with Crippen molar-refractivity contribution in [2.75, 3.05) is 6.54 Å². The van der Waals surface area contributed by atoms with Gasteiger partial charge in [0.05, 0.1) is 6.26 Å². The zero-order chi connectivity index (χ0) is 9.26. The molecule has 1 aromatic rings. The molecule has 1 aliphatic rings. The average Bonchev–Trinajstić information content (AvgIpc) is 2.72. The molecule has 1 aromatic heterocycles. The Hall–Kier alpha value is -1.09. The molecule has 2 rings (SSSR count). The molecule has 0 bridgehead atoms. The highest BCUT2D eigenvalue weighted by atomic mass is 16.3. The van der Waals surface area contributed by atoms with E-state index in [-0.39, 0.29) is 17.7 Å². The lowest BCUT2D eigenvalue weighted by Crippen LogP contribution is -2.27. The predicted molar refractivity (Wildman–Crippen MR) is 48.6 cm³/mol. The summed E-state index contributed by atoms with van der Waals surface area (Å²) in [6.07, 6.45) is 2.46.